The number of benzene rings is 3. The second kappa shape index (κ2) is 10.6. The molecule has 2 amide bonds. The lowest BCUT2D eigenvalue weighted by atomic mass is 9.80. The second-order valence-electron chi connectivity index (χ2n) is 8.85. The Kier molecular flexibility index (Phi) is 7.55. The lowest BCUT2D eigenvalue weighted by Gasteiger charge is -2.36. The molecule has 4 aromatic rings. The van der Waals surface area contributed by atoms with Crippen LogP contribution in [0, 0.1) is 13.8 Å². The van der Waals surface area contributed by atoms with Gasteiger partial charge in [-0.25, -0.2) is 4.79 Å². The van der Waals surface area contributed by atoms with Crippen LogP contribution >= 0.6 is 11.6 Å². The van der Waals surface area contributed by atoms with E-state index in [9.17, 15) is 18.0 Å². The molecule has 1 heterocycles. The fourth-order valence-electron chi connectivity index (χ4n) is 4.19. The summed E-state index contributed by atoms with van der Waals surface area (Å²) in [6.45, 7) is 3.63. The molecule has 190 valence electrons. The maximum absolute atomic E-state index is 13.7. The Labute approximate surface area is 218 Å². The van der Waals surface area contributed by atoms with E-state index in [-0.39, 0.29) is 12.0 Å². The highest BCUT2D eigenvalue weighted by atomic mass is 35.5. The van der Waals surface area contributed by atoms with E-state index in [1.54, 1.807) is 49.4 Å². The molecular formula is C29H25ClF3N3O. The van der Waals surface area contributed by atoms with Gasteiger partial charge < -0.3 is 10.6 Å². The largest absolute Gasteiger partial charge is 0.416 e. The van der Waals surface area contributed by atoms with Crippen molar-refractivity contribution in [1.29, 1.82) is 0 Å². The van der Waals surface area contributed by atoms with Crippen molar-refractivity contribution in [3.05, 3.63) is 130 Å². The summed E-state index contributed by atoms with van der Waals surface area (Å²) in [5.41, 5.74) is 1.18. The minimum Gasteiger partial charge on any atom is -0.322 e. The van der Waals surface area contributed by atoms with E-state index in [0.717, 1.165) is 23.3 Å². The Morgan fingerprint density at radius 1 is 0.865 bits per heavy atom. The number of aromatic nitrogens is 1. The third kappa shape index (κ3) is 6.12. The lowest BCUT2D eigenvalue weighted by molar-refractivity contribution is -0.137. The number of rotatable bonds is 6. The molecule has 0 radical (unpaired) electrons. The molecule has 0 bridgehead atoms. The molecule has 1 unspecified atom stereocenters. The molecule has 37 heavy (non-hydrogen) atoms. The van der Waals surface area contributed by atoms with Crippen LogP contribution in [0.2, 0.25) is 5.02 Å². The molecule has 0 saturated carbocycles. The van der Waals surface area contributed by atoms with E-state index >= 15 is 0 Å². The Morgan fingerprint density at radius 3 is 2.24 bits per heavy atom. The maximum atomic E-state index is 13.7. The van der Waals surface area contributed by atoms with Crippen molar-refractivity contribution in [3.63, 3.8) is 0 Å². The van der Waals surface area contributed by atoms with Crippen LogP contribution in [-0.4, -0.2) is 11.0 Å². The molecule has 0 aliphatic heterocycles. The molecule has 2 N–H and O–H groups in total. The van der Waals surface area contributed by atoms with E-state index in [0.29, 0.717) is 22.1 Å². The van der Waals surface area contributed by atoms with Crippen LogP contribution in [0.1, 0.15) is 33.6 Å². The minimum absolute atomic E-state index is 0.160. The molecular weight excluding hydrogens is 499 g/mol. The summed E-state index contributed by atoms with van der Waals surface area (Å²) in [5.74, 6) is 0. The lowest BCUT2D eigenvalue weighted by Crippen LogP contribution is -2.50. The second-order valence-corrected chi connectivity index (χ2v) is 9.26. The molecule has 0 saturated heterocycles. The Hall–Kier alpha value is -3.84. The van der Waals surface area contributed by atoms with Gasteiger partial charge in [0.25, 0.3) is 0 Å². The highest BCUT2D eigenvalue weighted by Gasteiger charge is 2.40. The van der Waals surface area contributed by atoms with E-state index < -0.39 is 23.3 Å². The number of carbonyl (C=O) groups excluding carboxylic acids is 1. The average molecular weight is 524 g/mol. The van der Waals surface area contributed by atoms with Gasteiger partial charge in [0, 0.05) is 22.8 Å². The van der Waals surface area contributed by atoms with Crippen LogP contribution in [0.4, 0.5) is 23.7 Å². The number of hydrogen-bond donors (Lipinski definition) is 2. The first-order valence-corrected chi connectivity index (χ1v) is 12.0. The number of hydrogen-bond acceptors (Lipinski definition) is 2. The van der Waals surface area contributed by atoms with Crippen LogP contribution in [0.15, 0.2) is 91.0 Å². The van der Waals surface area contributed by atoms with Crippen LogP contribution < -0.4 is 10.6 Å². The van der Waals surface area contributed by atoms with Crippen LogP contribution in [0.5, 0.6) is 0 Å². The van der Waals surface area contributed by atoms with Crippen molar-refractivity contribution in [1.82, 2.24) is 10.3 Å². The molecule has 0 fully saturated rings. The van der Waals surface area contributed by atoms with Gasteiger partial charge in [-0.2, -0.15) is 13.2 Å². The summed E-state index contributed by atoms with van der Waals surface area (Å²) in [7, 11) is 0. The summed E-state index contributed by atoms with van der Waals surface area (Å²) in [4.78, 5) is 18.1. The Morgan fingerprint density at radius 2 is 1.57 bits per heavy atom. The zero-order valence-electron chi connectivity index (χ0n) is 20.2. The number of amides is 2. The standard InChI is InChI=1S/C29H25ClF3N3O/c1-19-14-15-24(17-25(19)30)35-27(37)36-28(18-21-9-4-3-5-10-21,26-13-6-8-20(2)34-26)22-11-7-12-23(16-22)29(31,32)33/h3-17H,18H2,1-2H3,(H2,35,36,37). The van der Waals surface area contributed by atoms with E-state index in [1.165, 1.54) is 6.07 Å². The monoisotopic (exact) mass is 523 g/mol. The van der Waals surface area contributed by atoms with Gasteiger partial charge in [-0.1, -0.05) is 66.2 Å². The van der Waals surface area contributed by atoms with Crippen LogP contribution in [0.3, 0.4) is 0 Å². The van der Waals surface area contributed by atoms with Crippen molar-refractivity contribution in [2.24, 2.45) is 0 Å². The van der Waals surface area contributed by atoms with Gasteiger partial charge >= 0.3 is 12.2 Å². The summed E-state index contributed by atoms with van der Waals surface area (Å²) in [6.07, 6.45) is -4.40. The molecule has 4 nitrogen and oxygen atoms in total. The van der Waals surface area contributed by atoms with Crippen molar-refractivity contribution >= 4 is 23.3 Å². The van der Waals surface area contributed by atoms with Crippen LogP contribution in [0.25, 0.3) is 0 Å². The molecule has 8 heteroatoms. The molecule has 3 aromatic carbocycles. The Bertz CT molecular complexity index is 1410. The van der Waals surface area contributed by atoms with Gasteiger partial charge in [-0.3, -0.25) is 4.98 Å². The van der Waals surface area contributed by atoms with E-state index in [4.69, 9.17) is 11.6 Å². The van der Waals surface area contributed by atoms with Crippen LogP contribution in [-0.2, 0) is 18.1 Å². The molecule has 0 aliphatic carbocycles. The summed E-state index contributed by atoms with van der Waals surface area (Å²) >= 11 is 6.22. The fraction of sp³-hybridized carbons (Fsp3) is 0.172. The molecule has 4 rings (SSSR count). The van der Waals surface area contributed by atoms with Crippen molar-refractivity contribution in [2.75, 3.05) is 5.32 Å². The number of aryl methyl sites for hydroxylation is 2. The summed E-state index contributed by atoms with van der Waals surface area (Å²) in [6, 6.07) is 24.0. The number of alkyl halides is 3. The first-order valence-electron chi connectivity index (χ1n) is 11.6. The third-order valence-electron chi connectivity index (χ3n) is 6.08. The predicted octanol–water partition coefficient (Wildman–Crippen LogP) is 7.68. The van der Waals surface area contributed by atoms with E-state index in [1.807, 2.05) is 37.3 Å². The highest BCUT2D eigenvalue weighted by molar-refractivity contribution is 6.31. The molecule has 0 aliphatic rings. The predicted molar refractivity (Wildman–Crippen MR) is 140 cm³/mol. The molecule has 1 aromatic heterocycles. The number of halogens is 4. The van der Waals surface area contributed by atoms with Crippen molar-refractivity contribution < 1.29 is 18.0 Å². The molecule has 1 atom stereocenters. The summed E-state index contributed by atoms with van der Waals surface area (Å²) < 4.78 is 41.2. The first kappa shape index (κ1) is 26.2. The number of nitrogens with zero attached hydrogens (tertiary/aromatic N) is 1. The third-order valence-corrected chi connectivity index (χ3v) is 6.48. The average Bonchev–Trinajstić information content (AvgIpc) is 2.86. The fourth-order valence-corrected chi connectivity index (χ4v) is 4.37. The summed E-state index contributed by atoms with van der Waals surface area (Å²) in [5, 5.41) is 6.22. The topological polar surface area (TPSA) is 54.0 Å². The van der Waals surface area contributed by atoms with Gasteiger partial charge in [-0.15, -0.1) is 0 Å². The number of nitrogens with one attached hydrogen (secondary N) is 2. The smallest absolute Gasteiger partial charge is 0.322 e. The normalized spacial score (nSPS) is 13.0. The quantitative estimate of drug-likeness (QED) is 0.272. The van der Waals surface area contributed by atoms with Gasteiger partial charge in [0.15, 0.2) is 0 Å². The zero-order valence-corrected chi connectivity index (χ0v) is 21.0. The number of urea groups is 1. The highest BCUT2D eigenvalue weighted by Crippen LogP contribution is 2.37. The van der Waals surface area contributed by atoms with Crippen molar-refractivity contribution in [3.8, 4) is 0 Å². The van der Waals surface area contributed by atoms with Gasteiger partial charge in [0.05, 0.1) is 11.3 Å². The minimum atomic E-state index is -4.56. The zero-order chi connectivity index (χ0) is 26.6. The van der Waals surface area contributed by atoms with Gasteiger partial charge in [-0.05, 0) is 66.9 Å². The Balaban J connectivity index is 1.87. The first-order chi connectivity index (χ1) is 17.6. The number of carbonyl (C=O) groups is 1. The van der Waals surface area contributed by atoms with Gasteiger partial charge in [0.1, 0.15) is 5.54 Å². The molecule has 0 spiro atoms. The van der Waals surface area contributed by atoms with Gasteiger partial charge in [0.2, 0.25) is 0 Å². The maximum Gasteiger partial charge on any atom is 0.416 e. The number of pyridine rings is 1. The van der Waals surface area contributed by atoms with Crippen molar-refractivity contribution in [2.45, 2.75) is 32.0 Å². The number of anilines is 1. The SMILES string of the molecule is Cc1cccc(C(Cc2ccccc2)(NC(=O)Nc2ccc(C)c(Cl)c2)c2cccc(C(F)(F)F)c2)n1. The van der Waals surface area contributed by atoms with E-state index in [2.05, 4.69) is 15.6 Å².